The highest BCUT2D eigenvalue weighted by atomic mass is 32.2. The first-order valence-corrected chi connectivity index (χ1v) is 16.3. The molecule has 0 aromatic heterocycles. The lowest BCUT2D eigenvalue weighted by atomic mass is 9.96. The molecule has 0 atom stereocenters. The van der Waals surface area contributed by atoms with E-state index in [0.717, 1.165) is 39.7 Å². The van der Waals surface area contributed by atoms with Crippen molar-refractivity contribution in [1.82, 2.24) is 0 Å². The molecular formula is C39H40N2O5S. The number of ketones is 2. The first-order valence-electron chi connectivity index (χ1n) is 15.5. The van der Waals surface area contributed by atoms with Gasteiger partial charge in [-0.05, 0) is 112 Å². The van der Waals surface area contributed by atoms with E-state index in [4.69, 9.17) is 9.57 Å². The standard InChI is InChI=1S/C35H32N2O5S.C4H8/c1-23-4-5-24(2)32(22-23)33(36-42-25(3)38)35(40)28-10-16-31(17-11-28)43-30-14-8-27(9-15-30)34(39)26-6-12-29(13-7-26)37-18-20-41-21-19-37;1-3-4-2/h4-17,22H,18-21H2,1-3H3;3-4H,1-2H3/b36-33-;4-3-. The third-order valence-corrected chi connectivity index (χ3v) is 8.45. The van der Waals surface area contributed by atoms with E-state index in [1.54, 1.807) is 12.1 Å². The Morgan fingerprint density at radius 2 is 1.30 bits per heavy atom. The van der Waals surface area contributed by atoms with Crippen LogP contribution in [0.3, 0.4) is 0 Å². The summed E-state index contributed by atoms with van der Waals surface area (Å²) in [5, 5.41) is 3.91. The largest absolute Gasteiger partial charge is 0.378 e. The van der Waals surface area contributed by atoms with Gasteiger partial charge in [-0.25, -0.2) is 4.79 Å². The molecule has 47 heavy (non-hydrogen) atoms. The Kier molecular flexibility index (Phi) is 12.8. The number of allylic oxidation sites excluding steroid dienone is 2. The second kappa shape index (κ2) is 17.2. The number of carbonyl (C=O) groups excluding carboxylic acids is 3. The lowest BCUT2D eigenvalue weighted by Crippen LogP contribution is -2.36. The SMILES string of the molecule is C/C=C\C.CC(=O)O/N=C(\C(=O)c1ccc(Sc2ccc(C(=O)c3ccc(N4CCOCC4)cc3)cc2)cc1)c1cc(C)ccc1C. The number of Topliss-reactive ketones (excluding diaryl/α,β-unsaturated/α-hetero) is 1. The van der Waals surface area contributed by atoms with Crippen molar-refractivity contribution in [1.29, 1.82) is 0 Å². The van der Waals surface area contributed by atoms with E-state index in [1.807, 2.05) is 119 Å². The summed E-state index contributed by atoms with van der Waals surface area (Å²) in [4.78, 5) is 47.0. The van der Waals surface area contributed by atoms with Gasteiger partial charge < -0.3 is 14.5 Å². The average molecular weight is 649 g/mol. The molecule has 0 aliphatic carbocycles. The van der Waals surface area contributed by atoms with Gasteiger partial charge in [0.2, 0.25) is 5.78 Å². The third-order valence-electron chi connectivity index (χ3n) is 7.44. The van der Waals surface area contributed by atoms with Crippen LogP contribution in [0, 0.1) is 13.8 Å². The maximum absolute atomic E-state index is 13.4. The molecule has 5 rings (SSSR count). The van der Waals surface area contributed by atoms with Crippen LogP contribution in [0.4, 0.5) is 5.69 Å². The van der Waals surface area contributed by atoms with Gasteiger partial charge in [-0.15, -0.1) is 0 Å². The highest BCUT2D eigenvalue weighted by Crippen LogP contribution is 2.29. The van der Waals surface area contributed by atoms with Crippen molar-refractivity contribution >= 4 is 40.7 Å². The predicted molar refractivity (Wildman–Crippen MR) is 189 cm³/mol. The smallest absolute Gasteiger partial charge is 0.332 e. The van der Waals surface area contributed by atoms with Crippen molar-refractivity contribution < 1.29 is 24.0 Å². The van der Waals surface area contributed by atoms with E-state index in [1.165, 1.54) is 18.7 Å². The molecule has 1 saturated heterocycles. The lowest BCUT2D eigenvalue weighted by molar-refractivity contribution is -0.140. The van der Waals surface area contributed by atoms with Gasteiger partial charge >= 0.3 is 5.97 Å². The van der Waals surface area contributed by atoms with Crippen molar-refractivity contribution in [2.24, 2.45) is 5.16 Å². The molecule has 0 unspecified atom stereocenters. The molecule has 1 aliphatic rings. The molecule has 1 aliphatic heterocycles. The van der Waals surface area contributed by atoms with Crippen molar-refractivity contribution in [2.75, 3.05) is 31.2 Å². The van der Waals surface area contributed by atoms with E-state index < -0.39 is 5.97 Å². The number of carbonyl (C=O) groups is 3. The summed E-state index contributed by atoms with van der Waals surface area (Å²) in [7, 11) is 0. The van der Waals surface area contributed by atoms with Crippen LogP contribution in [0.5, 0.6) is 0 Å². The molecule has 0 spiro atoms. The molecule has 0 bridgehead atoms. The molecule has 0 amide bonds. The minimum Gasteiger partial charge on any atom is -0.378 e. The minimum atomic E-state index is -0.600. The first-order chi connectivity index (χ1) is 22.7. The number of morpholine rings is 1. The van der Waals surface area contributed by atoms with Crippen LogP contribution in [-0.2, 0) is 14.4 Å². The Labute approximate surface area is 281 Å². The van der Waals surface area contributed by atoms with Crippen LogP contribution in [-0.4, -0.2) is 49.6 Å². The third kappa shape index (κ3) is 9.85. The van der Waals surface area contributed by atoms with Crippen LogP contribution in [0.25, 0.3) is 0 Å². The van der Waals surface area contributed by atoms with Gasteiger partial charge in [0.05, 0.1) is 13.2 Å². The van der Waals surface area contributed by atoms with Gasteiger partial charge in [-0.1, -0.05) is 46.8 Å². The predicted octanol–water partition coefficient (Wildman–Crippen LogP) is 8.25. The summed E-state index contributed by atoms with van der Waals surface area (Å²) in [5.41, 5.74) is 5.30. The van der Waals surface area contributed by atoms with Crippen LogP contribution in [0.15, 0.2) is 118 Å². The number of aryl methyl sites for hydroxylation is 2. The van der Waals surface area contributed by atoms with Gasteiger partial charge in [0.1, 0.15) is 0 Å². The summed E-state index contributed by atoms with van der Waals surface area (Å²) in [6, 6.07) is 28.1. The molecular weight excluding hydrogens is 609 g/mol. The molecule has 8 heteroatoms. The summed E-state index contributed by atoms with van der Waals surface area (Å²) in [6.07, 6.45) is 4.00. The van der Waals surface area contributed by atoms with E-state index in [0.29, 0.717) is 35.5 Å². The molecule has 0 radical (unpaired) electrons. The number of rotatable bonds is 9. The van der Waals surface area contributed by atoms with Gasteiger partial charge in [-0.3, -0.25) is 9.59 Å². The van der Waals surface area contributed by atoms with Crippen LogP contribution in [0.1, 0.15) is 63.7 Å². The summed E-state index contributed by atoms with van der Waals surface area (Å²) < 4.78 is 5.42. The first kappa shape index (κ1) is 35.1. The fourth-order valence-electron chi connectivity index (χ4n) is 4.75. The number of anilines is 1. The Bertz CT molecular complexity index is 1730. The van der Waals surface area contributed by atoms with Crippen molar-refractivity contribution in [3.8, 4) is 0 Å². The number of oxime groups is 1. The number of nitrogens with zero attached hydrogens (tertiary/aromatic N) is 2. The number of hydrogen-bond acceptors (Lipinski definition) is 8. The Morgan fingerprint density at radius 1 is 0.766 bits per heavy atom. The molecule has 0 saturated carbocycles. The maximum Gasteiger partial charge on any atom is 0.332 e. The summed E-state index contributed by atoms with van der Waals surface area (Å²) >= 11 is 1.53. The second-order valence-corrected chi connectivity index (χ2v) is 12.1. The number of ether oxygens (including phenoxy) is 1. The van der Waals surface area contributed by atoms with Gasteiger partial charge in [0.25, 0.3) is 0 Å². The highest BCUT2D eigenvalue weighted by Gasteiger charge is 2.20. The lowest BCUT2D eigenvalue weighted by Gasteiger charge is -2.28. The fourth-order valence-corrected chi connectivity index (χ4v) is 5.56. The van der Waals surface area contributed by atoms with E-state index in [9.17, 15) is 14.4 Å². The van der Waals surface area contributed by atoms with E-state index in [-0.39, 0.29) is 17.3 Å². The van der Waals surface area contributed by atoms with E-state index >= 15 is 0 Å². The van der Waals surface area contributed by atoms with Gasteiger partial charge in [0.15, 0.2) is 11.5 Å². The Balaban J connectivity index is 0.00000118. The van der Waals surface area contributed by atoms with Crippen LogP contribution >= 0.6 is 11.8 Å². The summed E-state index contributed by atoms with van der Waals surface area (Å²) in [6.45, 7) is 12.2. The molecule has 242 valence electrons. The zero-order valence-corrected chi connectivity index (χ0v) is 28.3. The second-order valence-electron chi connectivity index (χ2n) is 11.0. The van der Waals surface area contributed by atoms with Gasteiger partial charge in [0, 0.05) is 57.7 Å². The average Bonchev–Trinajstić information content (AvgIpc) is 3.10. The molecule has 1 fully saturated rings. The molecule has 1 heterocycles. The maximum atomic E-state index is 13.4. The van der Waals surface area contributed by atoms with Gasteiger partial charge in [-0.2, -0.15) is 0 Å². The van der Waals surface area contributed by atoms with Crippen molar-refractivity contribution in [3.05, 3.63) is 137 Å². The normalized spacial score (nSPS) is 13.1. The molecule has 7 nitrogen and oxygen atoms in total. The van der Waals surface area contributed by atoms with Crippen LogP contribution < -0.4 is 4.90 Å². The number of benzene rings is 4. The highest BCUT2D eigenvalue weighted by molar-refractivity contribution is 7.99. The topological polar surface area (TPSA) is 85.3 Å². The zero-order valence-electron chi connectivity index (χ0n) is 27.5. The molecule has 4 aromatic rings. The monoisotopic (exact) mass is 648 g/mol. The summed E-state index contributed by atoms with van der Waals surface area (Å²) in [5.74, 6) is -0.966. The molecule has 0 N–H and O–H groups in total. The van der Waals surface area contributed by atoms with Crippen LogP contribution in [0.2, 0.25) is 0 Å². The zero-order chi connectivity index (χ0) is 33.8. The number of hydrogen-bond donors (Lipinski definition) is 0. The fraction of sp³-hybridized carbons (Fsp3) is 0.231. The minimum absolute atomic E-state index is 0.0250. The van der Waals surface area contributed by atoms with Crippen molar-refractivity contribution in [3.63, 3.8) is 0 Å². The van der Waals surface area contributed by atoms with Crippen molar-refractivity contribution in [2.45, 2.75) is 44.4 Å². The Hall–Kier alpha value is -4.79. The van der Waals surface area contributed by atoms with E-state index in [2.05, 4.69) is 10.1 Å². The molecule has 4 aromatic carbocycles. The quantitative estimate of drug-likeness (QED) is 0.0594. The Morgan fingerprint density at radius 3 is 1.83 bits per heavy atom.